The van der Waals surface area contributed by atoms with Crippen LogP contribution in [-0.2, 0) is 6.54 Å². The lowest BCUT2D eigenvalue weighted by atomic mass is 10.0. The highest BCUT2D eigenvalue weighted by molar-refractivity contribution is 5.91. The minimum absolute atomic E-state index is 0.868. The van der Waals surface area contributed by atoms with Crippen LogP contribution in [0.2, 0.25) is 0 Å². The predicted octanol–water partition coefficient (Wildman–Crippen LogP) is 3.74. The van der Waals surface area contributed by atoms with Crippen molar-refractivity contribution in [1.29, 1.82) is 0 Å². The van der Waals surface area contributed by atoms with Crippen LogP contribution in [0.4, 0.5) is 0 Å². The molecule has 0 radical (unpaired) electrons. The first kappa shape index (κ1) is 14.4. The normalized spacial score (nSPS) is 10.4. The number of rotatable bonds is 7. The molecule has 0 spiro atoms. The van der Waals surface area contributed by atoms with Gasteiger partial charge in [0, 0.05) is 18.4 Å². The van der Waals surface area contributed by atoms with Crippen molar-refractivity contribution >= 4 is 10.8 Å². The number of unbranched alkanes of at least 4 members (excludes halogenated alkanes) is 2. The van der Waals surface area contributed by atoms with Crippen LogP contribution < -0.4 is 10.1 Å². The highest BCUT2D eigenvalue weighted by Crippen LogP contribution is 2.28. The number of hydrogen-bond acceptors (Lipinski definition) is 2. The molecule has 0 atom stereocenters. The number of hydrogen-bond donors (Lipinski definition) is 1. The molecule has 0 aliphatic heterocycles. The van der Waals surface area contributed by atoms with E-state index in [1.807, 2.05) is 12.1 Å². The fourth-order valence-corrected chi connectivity index (χ4v) is 2.37. The number of benzene rings is 2. The number of methoxy groups -OCH3 is 1. The fourth-order valence-electron chi connectivity index (χ4n) is 2.37. The van der Waals surface area contributed by atoms with Crippen molar-refractivity contribution < 1.29 is 4.74 Å². The Morgan fingerprint density at radius 3 is 2.65 bits per heavy atom. The smallest absolute Gasteiger partial charge is 0.126 e. The molecule has 0 aromatic heterocycles. The molecule has 2 rings (SSSR count). The Labute approximate surface area is 121 Å². The summed E-state index contributed by atoms with van der Waals surface area (Å²) in [5.74, 6) is 3.60. The molecule has 104 valence electrons. The summed E-state index contributed by atoms with van der Waals surface area (Å²) in [4.78, 5) is 0. The molecule has 0 aliphatic rings. The number of nitrogens with one attached hydrogen (secondary N) is 1. The van der Waals surface area contributed by atoms with Crippen molar-refractivity contribution in [2.24, 2.45) is 0 Å². The lowest BCUT2D eigenvalue weighted by Gasteiger charge is -2.11. The number of terminal acetylenes is 1. The average Bonchev–Trinajstić information content (AvgIpc) is 2.50. The molecule has 1 N–H and O–H groups in total. The maximum Gasteiger partial charge on any atom is 0.126 e. The van der Waals surface area contributed by atoms with Gasteiger partial charge >= 0.3 is 0 Å². The van der Waals surface area contributed by atoms with Crippen molar-refractivity contribution in [2.45, 2.75) is 25.8 Å². The first-order valence-electron chi connectivity index (χ1n) is 7.05. The molecule has 0 unspecified atom stereocenters. The second kappa shape index (κ2) is 7.57. The fraction of sp³-hybridized carbons (Fsp3) is 0.333. The van der Waals surface area contributed by atoms with Crippen molar-refractivity contribution in [3.63, 3.8) is 0 Å². The van der Waals surface area contributed by atoms with Gasteiger partial charge in [-0.3, -0.25) is 0 Å². The SMILES string of the molecule is C#CCCCCNCc1ccc(OC)c2ccccc12. The van der Waals surface area contributed by atoms with Gasteiger partial charge in [-0.05, 0) is 36.4 Å². The Kier molecular flexibility index (Phi) is 5.46. The molecule has 2 nitrogen and oxygen atoms in total. The summed E-state index contributed by atoms with van der Waals surface area (Å²) in [6.07, 6.45) is 8.32. The monoisotopic (exact) mass is 267 g/mol. The zero-order valence-corrected chi connectivity index (χ0v) is 12.0. The minimum atomic E-state index is 0.868. The lowest BCUT2D eigenvalue weighted by Crippen LogP contribution is -2.14. The quantitative estimate of drug-likeness (QED) is 0.609. The van der Waals surface area contributed by atoms with E-state index in [4.69, 9.17) is 11.2 Å². The lowest BCUT2D eigenvalue weighted by molar-refractivity contribution is 0.419. The maximum atomic E-state index is 5.41. The summed E-state index contributed by atoms with van der Waals surface area (Å²) in [6.45, 7) is 1.88. The van der Waals surface area contributed by atoms with E-state index >= 15 is 0 Å². The van der Waals surface area contributed by atoms with E-state index in [9.17, 15) is 0 Å². The van der Waals surface area contributed by atoms with E-state index in [2.05, 4.69) is 35.5 Å². The number of ether oxygens (including phenoxy) is 1. The molecule has 0 amide bonds. The number of fused-ring (bicyclic) bond motifs is 1. The first-order valence-corrected chi connectivity index (χ1v) is 7.05. The van der Waals surface area contributed by atoms with E-state index in [-0.39, 0.29) is 0 Å². The minimum Gasteiger partial charge on any atom is -0.496 e. The second-order valence-electron chi connectivity index (χ2n) is 4.81. The molecule has 20 heavy (non-hydrogen) atoms. The van der Waals surface area contributed by atoms with Crippen LogP contribution in [0.5, 0.6) is 5.75 Å². The van der Waals surface area contributed by atoms with Crippen LogP contribution in [0, 0.1) is 12.3 Å². The molecule has 0 saturated heterocycles. The zero-order chi connectivity index (χ0) is 14.2. The topological polar surface area (TPSA) is 21.3 Å². The summed E-state index contributed by atoms with van der Waals surface area (Å²) in [5.41, 5.74) is 1.30. The van der Waals surface area contributed by atoms with E-state index in [1.54, 1.807) is 7.11 Å². The molecular formula is C18H21NO. The molecule has 0 fully saturated rings. The molecule has 0 bridgehead atoms. The van der Waals surface area contributed by atoms with E-state index in [0.717, 1.165) is 38.1 Å². The van der Waals surface area contributed by atoms with Crippen molar-refractivity contribution in [3.8, 4) is 18.1 Å². The third kappa shape index (κ3) is 3.53. The van der Waals surface area contributed by atoms with Crippen LogP contribution in [-0.4, -0.2) is 13.7 Å². The molecule has 0 saturated carbocycles. The van der Waals surface area contributed by atoms with Gasteiger partial charge in [-0.15, -0.1) is 12.3 Å². The van der Waals surface area contributed by atoms with Gasteiger partial charge in [0.05, 0.1) is 7.11 Å². The largest absolute Gasteiger partial charge is 0.496 e. The van der Waals surface area contributed by atoms with E-state index in [0.29, 0.717) is 0 Å². The van der Waals surface area contributed by atoms with Gasteiger partial charge in [-0.25, -0.2) is 0 Å². The van der Waals surface area contributed by atoms with Gasteiger partial charge in [0.25, 0.3) is 0 Å². The summed E-state index contributed by atoms with van der Waals surface area (Å²) in [5, 5.41) is 5.90. The van der Waals surface area contributed by atoms with Crippen LogP contribution >= 0.6 is 0 Å². The molecule has 2 aromatic rings. The van der Waals surface area contributed by atoms with Crippen molar-refractivity contribution in [1.82, 2.24) is 5.32 Å². The Hall–Kier alpha value is -1.98. The van der Waals surface area contributed by atoms with Gasteiger partial charge in [0.1, 0.15) is 5.75 Å². The third-order valence-corrected chi connectivity index (χ3v) is 3.43. The van der Waals surface area contributed by atoms with E-state index < -0.39 is 0 Å². The Balaban J connectivity index is 2.02. The van der Waals surface area contributed by atoms with Crippen LogP contribution in [0.3, 0.4) is 0 Å². The van der Waals surface area contributed by atoms with Crippen LogP contribution in [0.25, 0.3) is 10.8 Å². The predicted molar refractivity (Wildman–Crippen MR) is 84.9 cm³/mol. The molecular weight excluding hydrogens is 246 g/mol. The molecule has 0 aliphatic carbocycles. The van der Waals surface area contributed by atoms with Gasteiger partial charge < -0.3 is 10.1 Å². The molecule has 2 aromatic carbocycles. The summed E-state index contributed by atoms with van der Waals surface area (Å²) in [7, 11) is 1.71. The van der Waals surface area contributed by atoms with E-state index in [1.165, 1.54) is 16.3 Å². The van der Waals surface area contributed by atoms with Crippen LogP contribution in [0.15, 0.2) is 36.4 Å². The zero-order valence-electron chi connectivity index (χ0n) is 12.0. The first-order chi connectivity index (χ1) is 9.86. The van der Waals surface area contributed by atoms with Gasteiger partial charge in [-0.1, -0.05) is 30.3 Å². The second-order valence-corrected chi connectivity index (χ2v) is 4.81. The molecule has 0 heterocycles. The highest BCUT2D eigenvalue weighted by atomic mass is 16.5. The molecule has 2 heteroatoms. The van der Waals surface area contributed by atoms with Crippen molar-refractivity contribution in [2.75, 3.05) is 13.7 Å². The Bertz CT molecular complexity index is 598. The Morgan fingerprint density at radius 1 is 1.10 bits per heavy atom. The maximum absolute atomic E-state index is 5.41. The third-order valence-electron chi connectivity index (χ3n) is 3.43. The summed E-state index contributed by atoms with van der Waals surface area (Å²) < 4.78 is 5.41. The average molecular weight is 267 g/mol. The van der Waals surface area contributed by atoms with Gasteiger partial charge in [-0.2, -0.15) is 0 Å². The van der Waals surface area contributed by atoms with Gasteiger partial charge in [0.15, 0.2) is 0 Å². The summed E-state index contributed by atoms with van der Waals surface area (Å²) >= 11 is 0. The highest BCUT2D eigenvalue weighted by Gasteiger charge is 2.05. The Morgan fingerprint density at radius 2 is 1.90 bits per heavy atom. The van der Waals surface area contributed by atoms with Crippen LogP contribution in [0.1, 0.15) is 24.8 Å². The van der Waals surface area contributed by atoms with Crippen molar-refractivity contribution in [3.05, 3.63) is 42.0 Å². The summed E-state index contributed by atoms with van der Waals surface area (Å²) in [6, 6.07) is 12.5. The van der Waals surface area contributed by atoms with Gasteiger partial charge in [0.2, 0.25) is 0 Å². The standard InChI is InChI=1S/C18H21NO/c1-3-4-5-8-13-19-14-15-11-12-18(20-2)17-10-7-6-9-16(15)17/h1,6-7,9-12,19H,4-5,8,13-14H2,2H3.